The second-order valence-electron chi connectivity index (χ2n) is 9.35. The first kappa shape index (κ1) is 35.0. The molecule has 0 atom stereocenters. The number of nitrogens with zero attached hydrogens (tertiary/aromatic N) is 2. The predicted octanol–water partition coefficient (Wildman–Crippen LogP) is 3.16. The number of ketones is 2. The molecule has 0 aliphatic rings. The molecule has 0 unspecified atom stereocenters. The number of anilines is 2. The van der Waals surface area contributed by atoms with Crippen molar-refractivity contribution in [3.63, 3.8) is 0 Å². The maximum Gasteiger partial charge on any atom is 0.458 e. The van der Waals surface area contributed by atoms with Gasteiger partial charge in [-0.2, -0.15) is 26.3 Å². The van der Waals surface area contributed by atoms with Crippen molar-refractivity contribution in [1.82, 2.24) is 14.9 Å². The monoisotopic (exact) mass is 627 g/mol. The molecule has 1 amide bonds. The van der Waals surface area contributed by atoms with E-state index in [1.54, 1.807) is 48.5 Å². The Kier molecular flexibility index (Phi) is 11.4. The minimum atomic E-state index is -5.77. The molecule has 2 aromatic carbocycles. The Bertz CT molecular complexity index is 1560. The quantitative estimate of drug-likeness (QED) is 0.0787. The molecule has 0 bridgehead atoms. The van der Waals surface area contributed by atoms with E-state index in [0.29, 0.717) is 28.3 Å². The molecule has 0 saturated heterocycles. The maximum atomic E-state index is 13.1. The summed E-state index contributed by atoms with van der Waals surface area (Å²) in [6.45, 7) is 3.91. The van der Waals surface area contributed by atoms with Gasteiger partial charge >= 0.3 is 23.9 Å². The van der Waals surface area contributed by atoms with Crippen molar-refractivity contribution in [3.8, 4) is 11.4 Å². The van der Waals surface area contributed by atoms with Crippen LogP contribution in [0, 0.1) is 5.41 Å². The highest BCUT2D eigenvalue weighted by Crippen LogP contribution is 2.24. The van der Waals surface area contributed by atoms with Crippen LogP contribution in [0.3, 0.4) is 0 Å². The van der Waals surface area contributed by atoms with Gasteiger partial charge in [0.15, 0.2) is 0 Å². The minimum Gasteiger partial charge on any atom is -0.399 e. The van der Waals surface area contributed by atoms with E-state index in [-0.39, 0.29) is 36.4 Å². The summed E-state index contributed by atoms with van der Waals surface area (Å²) in [6.07, 6.45) is -10.1. The number of hydrogen-bond donors (Lipinski definition) is 5. The van der Waals surface area contributed by atoms with Crippen LogP contribution in [-0.4, -0.2) is 51.3 Å². The lowest BCUT2D eigenvalue weighted by molar-refractivity contribution is -0.193. The highest BCUT2D eigenvalue weighted by molar-refractivity contribution is 6.41. The second-order valence-corrected chi connectivity index (χ2v) is 9.35. The third-order valence-electron chi connectivity index (χ3n) is 5.41. The van der Waals surface area contributed by atoms with Crippen molar-refractivity contribution < 1.29 is 40.7 Å². The van der Waals surface area contributed by atoms with Gasteiger partial charge in [0.05, 0.1) is 6.20 Å². The maximum absolute atomic E-state index is 13.1. The van der Waals surface area contributed by atoms with Gasteiger partial charge in [0.25, 0.3) is 5.56 Å². The van der Waals surface area contributed by atoms with Gasteiger partial charge in [-0.25, -0.2) is 4.98 Å². The fourth-order valence-corrected chi connectivity index (χ4v) is 3.42. The van der Waals surface area contributed by atoms with Crippen molar-refractivity contribution in [2.24, 2.45) is 5.73 Å². The summed E-state index contributed by atoms with van der Waals surface area (Å²) in [5.74, 6) is -6.81. The molecule has 1 heterocycles. The molecule has 236 valence electrons. The molecule has 3 rings (SSSR count). The lowest BCUT2D eigenvalue weighted by Crippen LogP contribution is -2.39. The number of alkyl halides is 6. The van der Waals surface area contributed by atoms with Gasteiger partial charge in [0.1, 0.15) is 23.9 Å². The molecule has 44 heavy (non-hydrogen) atoms. The molecule has 0 fully saturated rings. The predicted molar refractivity (Wildman–Crippen MR) is 149 cm³/mol. The van der Waals surface area contributed by atoms with Crippen LogP contribution in [0.25, 0.3) is 11.4 Å². The number of aromatic nitrogens is 2. The van der Waals surface area contributed by atoms with E-state index >= 15 is 0 Å². The summed E-state index contributed by atoms with van der Waals surface area (Å²) in [4.78, 5) is 49.5. The number of halogens is 6. The van der Waals surface area contributed by atoms with Crippen LogP contribution in [0.2, 0.25) is 0 Å². The van der Waals surface area contributed by atoms with Gasteiger partial charge in [0, 0.05) is 29.4 Å². The Balaban J connectivity index is 0.000000477. The van der Waals surface area contributed by atoms with E-state index in [0.717, 1.165) is 5.56 Å². The summed E-state index contributed by atoms with van der Waals surface area (Å²) < 4.78 is 68.3. The molecule has 0 radical (unpaired) electrons. The smallest absolute Gasteiger partial charge is 0.399 e. The van der Waals surface area contributed by atoms with Crippen LogP contribution in [0.1, 0.15) is 25.0 Å². The van der Waals surface area contributed by atoms with Gasteiger partial charge in [-0.3, -0.25) is 29.2 Å². The number of rotatable bonds is 9. The highest BCUT2D eigenvalue weighted by atomic mass is 19.4. The average Bonchev–Trinajstić information content (AvgIpc) is 2.92. The number of carbonyl (C=O) groups is 3. The Hall–Kier alpha value is -5.22. The molecule has 7 N–H and O–H groups in total. The molecule has 11 nitrogen and oxygen atoms in total. The van der Waals surface area contributed by atoms with Gasteiger partial charge in [-0.1, -0.05) is 36.4 Å². The van der Waals surface area contributed by atoms with Crippen LogP contribution < -0.4 is 27.7 Å². The van der Waals surface area contributed by atoms with Crippen molar-refractivity contribution >= 4 is 34.7 Å². The first-order valence-electron chi connectivity index (χ1n) is 12.5. The fraction of sp³-hybridized carbons (Fsp3) is 0.259. The SMILES string of the molecule is CC(C)Nc1cnc(-c2cccc(N)c2)n(CC(=O)NCc2ccc(C(=N)N)cc2)c1=O.O=C(C(=O)C(F)(F)F)C(F)(F)F. The van der Waals surface area contributed by atoms with E-state index in [1.807, 2.05) is 13.8 Å². The van der Waals surface area contributed by atoms with E-state index in [9.17, 15) is 45.5 Å². The van der Waals surface area contributed by atoms with Crippen LogP contribution >= 0.6 is 0 Å². The average molecular weight is 628 g/mol. The van der Waals surface area contributed by atoms with Crippen molar-refractivity contribution in [2.45, 2.75) is 45.3 Å². The zero-order chi connectivity index (χ0) is 33.4. The summed E-state index contributed by atoms with van der Waals surface area (Å²) >= 11 is 0. The minimum absolute atomic E-state index is 0.0172. The molecule has 17 heteroatoms. The third kappa shape index (κ3) is 9.95. The van der Waals surface area contributed by atoms with Gasteiger partial charge in [-0.15, -0.1) is 0 Å². The molecule has 0 aliphatic carbocycles. The number of Topliss-reactive ketones (excluding diaryl/α,β-unsaturated/α-hetero) is 2. The van der Waals surface area contributed by atoms with Crippen LogP contribution in [0.15, 0.2) is 59.5 Å². The van der Waals surface area contributed by atoms with Crippen LogP contribution in [0.4, 0.5) is 37.7 Å². The van der Waals surface area contributed by atoms with Crippen molar-refractivity contribution in [1.29, 1.82) is 5.41 Å². The lowest BCUT2D eigenvalue weighted by Gasteiger charge is -2.16. The number of benzene rings is 2. The standard InChI is InChI=1S/C23H27N7O2.C4F6O2/c1-14(2)29-19-12-28-22(17-4-3-5-18(24)10-17)30(23(19)32)13-20(31)27-11-15-6-8-16(9-7-15)21(25)26;5-3(6,7)1(11)2(12)4(8,9)10/h3-10,12,14,29H,11,13,24H2,1-2H3,(H3,25,26)(H,27,31);. The molecule has 3 aromatic rings. The van der Waals surface area contributed by atoms with E-state index < -0.39 is 23.9 Å². The number of nitrogens with two attached hydrogens (primary N) is 2. The Labute approximate surface area is 245 Å². The largest absolute Gasteiger partial charge is 0.458 e. The van der Waals surface area contributed by atoms with E-state index in [2.05, 4.69) is 15.6 Å². The Morgan fingerprint density at radius 3 is 2.02 bits per heavy atom. The van der Waals surface area contributed by atoms with E-state index in [4.69, 9.17) is 16.9 Å². The Morgan fingerprint density at radius 2 is 1.55 bits per heavy atom. The van der Waals surface area contributed by atoms with Crippen LogP contribution in [-0.2, 0) is 27.5 Å². The first-order valence-corrected chi connectivity index (χ1v) is 12.5. The zero-order valence-electron chi connectivity index (χ0n) is 23.1. The molecule has 1 aromatic heterocycles. The second kappa shape index (κ2) is 14.3. The fourth-order valence-electron chi connectivity index (χ4n) is 3.42. The molecule has 0 spiro atoms. The van der Waals surface area contributed by atoms with Crippen LogP contribution in [0.5, 0.6) is 0 Å². The molecule has 0 saturated carbocycles. The number of amides is 1. The van der Waals surface area contributed by atoms with Gasteiger partial charge < -0.3 is 22.1 Å². The normalized spacial score (nSPS) is 11.3. The number of carbonyl (C=O) groups excluding carboxylic acids is 3. The summed E-state index contributed by atoms with van der Waals surface area (Å²) in [5.41, 5.74) is 14.0. The van der Waals surface area contributed by atoms with Crippen molar-refractivity contribution in [2.75, 3.05) is 11.1 Å². The summed E-state index contributed by atoms with van der Waals surface area (Å²) in [5, 5.41) is 13.3. The summed E-state index contributed by atoms with van der Waals surface area (Å²) in [6, 6.07) is 14.1. The number of nitrogens with one attached hydrogen (secondary N) is 3. The van der Waals surface area contributed by atoms with Crippen molar-refractivity contribution in [3.05, 3.63) is 76.2 Å². The number of amidine groups is 1. The van der Waals surface area contributed by atoms with Gasteiger partial charge in [-0.05, 0) is 31.5 Å². The molecule has 0 aliphatic heterocycles. The molecular formula is C27H27F6N7O4. The van der Waals surface area contributed by atoms with E-state index in [1.165, 1.54) is 10.8 Å². The Morgan fingerprint density at radius 1 is 0.977 bits per heavy atom. The highest BCUT2D eigenvalue weighted by Gasteiger charge is 2.54. The van der Waals surface area contributed by atoms with Gasteiger partial charge in [0.2, 0.25) is 5.91 Å². The zero-order valence-corrected chi connectivity index (χ0v) is 23.1. The summed E-state index contributed by atoms with van der Waals surface area (Å²) in [7, 11) is 0. The topological polar surface area (TPSA) is 186 Å². The first-order chi connectivity index (χ1) is 20.3. The number of nitrogen functional groups attached to an aromatic ring is 2. The molecular weight excluding hydrogens is 600 g/mol. The third-order valence-corrected chi connectivity index (χ3v) is 5.41. The lowest BCUT2D eigenvalue weighted by atomic mass is 10.1. The number of hydrogen-bond acceptors (Lipinski definition) is 8.